The maximum Gasteiger partial charge on any atom is 0.0587 e. The second kappa shape index (κ2) is 6.72. The van der Waals surface area contributed by atoms with Gasteiger partial charge in [0.15, 0.2) is 0 Å². The van der Waals surface area contributed by atoms with Crippen LogP contribution in [0.4, 0.5) is 0 Å². The van der Waals surface area contributed by atoms with Crippen molar-refractivity contribution in [1.82, 2.24) is 5.32 Å². The van der Waals surface area contributed by atoms with Crippen LogP contribution < -0.4 is 5.32 Å². The average molecular weight is 241 g/mol. The topological polar surface area (TPSA) is 30.5 Å². The molecule has 1 unspecified atom stereocenters. The van der Waals surface area contributed by atoms with Gasteiger partial charge in [-0.2, -0.15) is 0 Å². The van der Waals surface area contributed by atoms with Gasteiger partial charge in [0.05, 0.1) is 13.2 Å². The molecule has 1 aliphatic carbocycles. The SMILES string of the molecule is COCCNCC1(C2CCCC2)CCCOC1. The molecule has 1 N–H and O–H groups in total. The number of methoxy groups -OCH3 is 1. The zero-order chi connectivity index (χ0) is 12.0. The molecule has 0 spiro atoms. The zero-order valence-electron chi connectivity index (χ0n) is 11.2. The van der Waals surface area contributed by atoms with Crippen LogP contribution in [-0.4, -0.2) is 40.0 Å². The molecule has 1 heterocycles. The predicted molar refractivity (Wildman–Crippen MR) is 69.2 cm³/mol. The summed E-state index contributed by atoms with van der Waals surface area (Å²) in [6.07, 6.45) is 8.25. The van der Waals surface area contributed by atoms with Crippen molar-refractivity contribution in [2.75, 3.05) is 40.0 Å². The Morgan fingerprint density at radius 1 is 1.29 bits per heavy atom. The molecule has 0 radical (unpaired) electrons. The van der Waals surface area contributed by atoms with E-state index in [-0.39, 0.29) is 0 Å². The van der Waals surface area contributed by atoms with E-state index in [0.717, 1.165) is 38.8 Å². The van der Waals surface area contributed by atoms with E-state index in [1.54, 1.807) is 7.11 Å². The summed E-state index contributed by atoms with van der Waals surface area (Å²) in [5.74, 6) is 0.887. The normalized spacial score (nSPS) is 30.9. The number of hydrogen-bond donors (Lipinski definition) is 1. The fraction of sp³-hybridized carbons (Fsp3) is 1.00. The molecule has 1 atom stereocenters. The molecule has 0 aromatic carbocycles. The monoisotopic (exact) mass is 241 g/mol. The number of ether oxygens (including phenoxy) is 2. The maximum atomic E-state index is 5.78. The summed E-state index contributed by atoms with van der Waals surface area (Å²) in [5, 5.41) is 3.57. The summed E-state index contributed by atoms with van der Waals surface area (Å²) in [5.41, 5.74) is 0.419. The molecular formula is C14H27NO2. The van der Waals surface area contributed by atoms with E-state index in [1.807, 2.05) is 0 Å². The zero-order valence-corrected chi connectivity index (χ0v) is 11.2. The average Bonchev–Trinajstić information content (AvgIpc) is 2.90. The molecule has 3 heteroatoms. The molecule has 2 fully saturated rings. The van der Waals surface area contributed by atoms with Gasteiger partial charge in [0.2, 0.25) is 0 Å². The van der Waals surface area contributed by atoms with E-state index < -0.39 is 0 Å². The first-order valence-electron chi connectivity index (χ1n) is 7.15. The Bertz CT molecular complexity index is 208. The van der Waals surface area contributed by atoms with Crippen molar-refractivity contribution >= 4 is 0 Å². The van der Waals surface area contributed by atoms with Gasteiger partial charge in [0.1, 0.15) is 0 Å². The first-order chi connectivity index (χ1) is 8.37. The Kier molecular flexibility index (Phi) is 5.26. The molecule has 17 heavy (non-hydrogen) atoms. The Morgan fingerprint density at radius 3 is 2.76 bits per heavy atom. The fourth-order valence-corrected chi connectivity index (χ4v) is 3.53. The lowest BCUT2D eigenvalue weighted by atomic mass is 9.70. The van der Waals surface area contributed by atoms with Crippen molar-refractivity contribution < 1.29 is 9.47 Å². The highest BCUT2D eigenvalue weighted by molar-refractivity contribution is 4.92. The van der Waals surface area contributed by atoms with E-state index in [4.69, 9.17) is 9.47 Å². The molecule has 0 aromatic heterocycles. The van der Waals surface area contributed by atoms with Crippen LogP contribution in [0.25, 0.3) is 0 Å². The minimum atomic E-state index is 0.419. The molecule has 2 aliphatic rings. The van der Waals surface area contributed by atoms with Crippen LogP contribution in [0.1, 0.15) is 38.5 Å². The molecule has 3 nitrogen and oxygen atoms in total. The lowest BCUT2D eigenvalue weighted by Gasteiger charge is -2.42. The van der Waals surface area contributed by atoms with E-state index in [1.165, 1.54) is 38.5 Å². The summed E-state index contributed by atoms with van der Waals surface area (Å²) in [6, 6.07) is 0. The highest BCUT2D eigenvalue weighted by Crippen LogP contribution is 2.44. The van der Waals surface area contributed by atoms with Gasteiger partial charge in [-0.15, -0.1) is 0 Å². The number of nitrogens with one attached hydrogen (secondary N) is 1. The number of rotatable bonds is 6. The minimum absolute atomic E-state index is 0.419. The van der Waals surface area contributed by atoms with Gasteiger partial charge < -0.3 is 14.8 Å². The summed E-state index contributed by atoms with van der Waals surface area (Å²) < 4.78 is 10.9. The third kappa shape index (κ3) is 3.43. The third-order valence-electron chi connectivity index (χ3n) is 4.53. The predicted octanol–water partition coefficient (Wildman–Crippen LogP) is 2.21. The second-order valence-corrected chi connectivity index (χ2v) is 5.67. The van der Waals surface area contributed by atoms with Gasteiger partial charge in [0.25, 0.3) is 0 Å². The van der Waals surface area contributed by atoms with Crippen LogP contribution in [0.3, 0.4) is 0 Å². The Labute approximate surface area is 105 Å². The first kappa shape index (κ1) is 13.3. The van der Waals surface area contributed by atoms with Crippen LogP contribution in [-0.2, 0) is 9.47 Å². The van der Waals surface area contributed by atoms with Crippen LogP contribution in [0.15, 0.2) is 0 Å². The molecule has 100 valence electrons. The number of hydrogen-bond acceptors (Lipinski definition) is 3. The van der Waals surface area contributed by atoms with Gasteiger partial charge in [0, 0.05) is 32.2 Å². The van der Waals surface area contributed by atoms with Crippen LogP contribution >= 0.6 is 0 Å². The maximum absolute atomic E-state index is 5.78. The highest BCUT2D eigenvalue weighted by Gasteiger charge is 2.41. The smallest absolute Gasteiger partial charge is 0.0587 e. The van der Waals surface area contributed by atoms with Gasteiger partial charge in [-0.25, -0.2) is 0 Å². The quantitative estimate of drug-likeness (QED) is 0.723. The minimum Gasteiger partial charge on any atom is -0.383 e. The van der Waals surface area contributed by atoms with Crippen molar-refractivity contribution in [1.29, 1.82) is 0 Å². The highest BCUT2D eigenvalue weighted by atomic mass is 16.5. The molecule has 2 rings (SSSR count). The van der Waals surface area contributed by atoms with Crippen LogP contribution in [0, 0.1) is 11.3 Å². The van der Waals surface area contributed by atoms with Gasteiger partial charge in [-0.05, 0) is 31.6 Å². The molecule has 1 aliphatic heterocycles. The summed E-state index contributed by atoms with van der Waals surface area (Å²) in [6.45, 7) is 4.82. The Balaban J connectivity index is 1.86. The van der Waals surface area contributed by atoms with Crippen molar-refractivity contribution in [3.05, 3.63) is 0 Å². The largest absolute Gasteiger partial charge is 0.383 e. The van der Waals surface area contributed by atoms with Crippen molar-refractivity contribution in [3.8, 4) is 0 Å². The van der Waals surface area contributed by atoms with Gasteiger partial charge in [-0.3, -0.25) is 0 Å². The van der Waals surface area contributed by atoms with Crippen molar-refractivity contribution in [2.24, 2.45) is 11.3 Å². The van der Waals surface area contributed by atoms with Gasteiger partial charge >= 0.3 is 0 Å². The van der Waals surface area contributed by atoms with Crippen LogP contribution in [0.5, 0.6) is 0 Å². The van der Waals surface area contributed by atoms with E-state index in [9.17, 15) is 0 Å². The lowest BCUT2D eigenvalue weighted by molar-refractivity contribution is -0.0408. The van der Waals surface area contributed by atoms with Crippen molar-refractivity contribution in [3.63, 3.8) is 0 Å². The van der Waals surface area contributed by atoms with E-state index in [0.29, 0.717) is 5.41 Å². The van der Waals surface area contributed by atoms with E-state index >= 15 is 0 Å². The van der Waals surface area contributed by atoms with Crippen LogP contribution in [0.2, 0.25) is 0 Å². The molecule has 0 amide bonds. The summed E-state index contributed by atoms with van der Waals surface area (Å²) in [7, 11) is 1.76. The third-order valence-corrected chi connectivity index (χ3v) is 4.53. The Morgan fingerprint density at radius 2 is 2.12 bits per heavy atom. The van der Waals surface area contributed by atoms with E-state index in [2.05, 4.69) is 5.32 Å². The second-order valence-electron chi connectivity index (χ2n) is 5.67. The molecule has 0 bridgehead atoms. The molecular weight excluding hydrogens is 214 g/mol. The molecule has 1 saturated carbocycles. The van der Waals surface area contributed by atoms with Gasteiger partial charge in [-0.1, -0.05) is 12.8 Å². The summed E-state index contributed by atoms with van der Waals surface area (Å²) in [4.78, 5) is 0. The first-order valence-corrected chi connectivity index (χ1v) is 7.15. The molecule has 1 saturated heterocycles. The van der Waals surface area contributed by atoms with Crippen molar-refractivity contribution in [2.45, 2.75) is 38.5 Å². The standard InChI is InChI=1S/C14H27NO2/c1-16-10-8-15-11-14(7-4-9-17-12-14)13-5-2-3-6-13/h13,15H,2-12H2,1H3. The summed E-state index contributed by atoms with van der Waals surface area (Å²) >= 11 is 0. The Hall–Kier alpha value is -0.120. The fourth-order valence-electron chi connectivity index (χ4n) is 3.53. The molecule has 0 aromatic rings. The lowest BCUT2D eigenvalue weighted by Crippen LogP contribution is -2.46.